The fraction of sp³-hybridized carbons (Fsp3) is 0.696. The van der Waals surface area contributed by atoms with Crippen molar-refractivity contribution in [3.63, 3.8) is 0 Å². The van der Waals surface area contributed by atoms with Gasteiger partial charge in [0, 0.05) is 25.0 Å². The number of alkyl halides is 3. The van der Waals surface area contributed by atoms with Crippen molar-refractivity contribution in [1.82, 2.24) is 9.62 Å². The summed E-state index contributed by atoms with van der Waals surface area (Å²) < 4.78 is 65.3. The van der Waals surface area contributed by atoms with Crippen molar-refractivity contribution in [3.8, 4) is 0 Å². The Balaban J connectivity index is 1.19. The van der Waals surface area contributed by atoms with E-state index in [1.165, 1.54) is 23.6 Å². The van der Waals surface area contributed by atoms with Crippen LogP contribution in [0, 0.1) is 23.7 Å². The molecule has 5 aliphatic rings. The topological polar surface area (TPSA) is 66.5 Å². The zero-order valence-electron chi connectivity index (χ0n) is 17.9. The molecule has 1 saturated heterocycles. The zero-order chi connectivity index (χ0) is 22.7. The summed E-state index contributed by atoms with van der Waals surface area (Å²) in [7, 11) is -3.88. The Morgan fingerprint density at radius 3 is 2.12 bits per heavy atom. The lowest BCUT2D eigenvalue weighted by Gasteiger charge is -2.57. The van der Waals surface area contributed by atoms with Crippen LogP contribution < -0.4 is 5.32 Å². The average molecular weight is 471 g/mol. The van der Waals surface area contributed by atoms with Crippen LogP contribution in [-0.2, 0) is 21.0 Å². The van der Waals surface area contributed by atoms with E-state index in [4.69, 9.17) is 0 Å². The monoisotopic (exact) mass is 470 g/mol. The number of benzene rings is 1. The highest BCUT2D eigenvalue weighted by Gasteiger charge is 2.51. The zero-order valence-corrected chi connectivity index (χ0v) is 18.7. The molecule has 1 aromatic rings. The molecule has 0 aromatic heterocycles. The van der Waals surface area contributed by atoms with E-state index in [0.717, 1.165) is 61.3 Å². The number of rotatable bonds is 5. The Hall–Kier alpha value is -1.61. The van der Waals surface area contributed by atoms with Crippen molar-refractivity contribution in [2.45, 2.75) is 68.0 Å². The SMILES string of the molecule is O=C(CC1CCN(S(=O)(=O)c2ccc(C(F)(F)F)cc2)C1)NC12CC3CC(CC(C3)C1)C2. The van der Waals surface area contributed by atoms with Gasteiger partial charge in [0.1, 0.15) is 0 Å². The molecule has 4 aliphatic carbocycles. The fourth-order valence-electron chi connectivity index (χ4n) is 7.02. The van der Waals surface area contributed by atoms with Gasteiger partial charge in [0.05, 0.1) is 10.5 Å². The van der Waals surface area contributed by atoms with E-state index < -0.39 is 21.8 Å². The molecule has 9 heteroatoms. The molecule has 4 saturated carbocycles. The van der Waals surface area contributed by atoms with Crippen LogP contribution in [0.15, 0.2) is 29.2 Å². The standard InChI is InChI=1S/C23H29F3N2O3S/c24-23(25,26)19-1-3-20(4-2-19)32(30,31)28-6-5-15(14-28)10-21(29)27-22-11-16-7-17(12-22)9-18(8-16)13-22/h1-4,15-18H,5-14H2,(H,27,29). The minimum absolute atomic E-state index is 0.00530. The predicted molar refractivity (Wildman–Crippen MR) is 112 cm³/mol. The molecule has 1 aliphatic heterocycles. The maximum absolute atomic E-state index is 12.9. The van der Waals surface area contributed by atoms with Gasteiger partial charge in [-0.05, 0) is 92.9 Å². The first-order valence-corrected chi connectivity index (χ1v) is 12.9. The van der Waals surface area contributed by atoms with E-state index in [1.54, 1.807) is 0 Å². The molecule has 5 nitrogen and oxygen atoms in total. The predicted octanol–water partition coefficient (Wildman–Crippen LogP) is 4.19. The molecular weight excluding hydrogens is 441 g/mol. The summed E-state index contributed by atoms with van der Waals surface area (Å²) >= 11 is 0. The number of amides is 1. The second-order valence-electron chi connectivity index (χ2n) is 10.5. The Labute approximate surface area is 186 Å². The number of hydrogen-bond donors (Lipinski definition) is 1. The second-order valence-corrected chi connectivity index (χ2v) is 12.4. The van der Waals surface area contributed by atoms with E-state index in [-0.39, 0.29) is 35.3 Å². The van der Waals surface area contributed by atoms with Crippen LogP contribution in [0.5, 0.6) is 0 Å². The van der Waals surface area contributed by atoms with Crippen molar-refractivity contribution >= 4 is 15.9 Å². The van der Waals surface area contributed by atoms with Gasteiger partial charge in [-0.15, -0.1) is 0 Å². The summed E-state index contributed by atoms with van der Waals surface area (Å²) in [4.78, 5) is 12.7. The van der Waals surface area contributed by atoms with Crippen LogP contribution in [0.1, 0.15) is 56.9 Å². The van der Waals surface area contributed by atoms with Gasteiger partial charge in [0.2, 0.25) is 15.9 Å². The molecule has 1 amide bonds. The molecule has 0 spiro atoms. The Bertz CT molecular complexity index is 955. The maximum Gasteiger partial charge on any atom is 0.416 e. The van der Waals surface area contributed by atoms with Gasteiger partial charge in [0.25, 0.3) is 0 Å². The molecule has 176 valence electrons. The molecule has 32 heavy (non-hydrogen) atoms. The molecule has 5 fully saturated rings. The lowest BCUT2D eigenvalue weighted by Crippen LogP contribution is -2.60. The summed E-state index contributed by atoms with van der Waals surface area (Å²) in [6, 6.07) is 3.59. The number of nitrogens with one attached hydrogen (secondary N) is 1. The second kappa shape index (κ2) is 7.72. The summed E-state index contributed by atoms with van der Waals surface area (Å²) in [6.07, 6.45) is 3.48. The lowest BCUT2D eigenvalue weighted by atomic mass is 9.53. The molecule has 1 aromatic carbocycles. The smallest absolute Gasteiger partial charge is 0.351 e. The van der Waals surface area contributed by atoms with Crippen LogP contribution in [0.2, 0.25) is 0 Å². The summed E-state index contributed by atoms with van der Waals surface area (Å²) in [5, 5.41) is 3.34. The summed E-state index contributed by atoms with van der Waals surface area (Å²) in [5.41, 5.74) is -0.937. The van der Waals surface area contributed by atoms with Gasteiger partial charge in [-0.1, -0.05) is 0 Å². The molecule has 1 N–H and O–H groups in total. The van der Waals surface area contributed by atoms with Crippen LogP contribution in [0.25, 0.3) is 0 Å². The third kappa shape index (κ3) is 4.18. The van der Waals surface area contributed by atoms with Crippen molar-refractivity contribution in [3.05, 3.63) is 29.8 Å². The maximum atomic E-state index is 12.9. The van der Waals surface area contributed by atoms with Crippen molar-refractivity contribution in [2.24, 2.45) is 23.7 Å². The Morgan fingerprint density at radius 1 is 1.03 bits per heavy atom. The van der Waals surface area contributed by atoms with Crippen LogP contribution >= 0.6 is 0 Å². The van der Waals surface area contributed by atoms with Gasteiger partial charge >= 0.3 is 6.18 Å². The quantitative estimate of drug-likeness (QED) is 0.702. The number of nitrogens with zero attached hydrogens (tertiary/aromatic N) is 1. The fourth-order valence-corrected chi connectivity index (χ4v) is 8.55. The first kappa shape index (κ1) is 22.2. The lowest BCUT2D eigenvalue weighted by molar-refractivity contribution is -0.137. The molecule has 6 rings (SSSR count). The molecule has 1 heterocycles. The molecule has 4 bridgehead atoms. The van der Waals surface area contributed by atoms with Crippen LogP contribution in [0.3, 0.4) is 0 Å². The third-order valence-electron chi connectivity index (χ3n) is 7.98. The molecular formula is C23H29F3N2O3S. The van der Waals surface area contributed by atoms with Gasteiger partial charge in [0.15, 0.2) is 0 Å². The van der Waals surface area contributed by atoms with Crippen molar-refractivity contribution < 1.29 is 26.4 Å². The molecule has 1 unspecified atom stereocenters. The molecule has 0 radical (unpaired) electrons. The number of carbonyl (C=O) groups excluding carboxylic acids is 1. The van der Waals surface area contributed by atoms with E-state index in [1.807, 2.05) is 0 Å². The number of halogens is 3. The normalized spacial score (nSPS) is 34.7. The van der Waals surface area contributed by atoms with E-state index in [2.05, 4.69) is 5.32 Å². The summed E-state index contributed by atoms with van der Waals surface area (Å²) in [6.45, 7) is 0.496. The van der Waals surface area contributed by atoms with Crippen molar-refractivity contribution in [2.75, 3.05) is 13.1 Å². The first-order valence-electron chi connectivity index (χ1n) is 11.5. The largest absolute Gasteiger partial charge is 0.416 e. The van der Waals surface area contributed by atoms with Gasteiger partial charge in [-0.25, -0.2) is 8.42 Å². The molecule has 1 atom stereocenters. The first-order chi connectivity index (χ1) is 15.0. The van der Waals surface area contributed by atoms with Gasteiger partial charge in [-0.3, -0.25) is 4.79 Å². The number of hydrogen-bond acceptors (Lipinski definition) is 3. The van der Waals surface area contributed by atoms with E-state index in [9.17, 15) is 26.4 Å². The van der Waals surface area contributed by atoms with E-state index >= 15 is 0 Å². The Kier molecular flexibility index (Phi) is 5.36. The highest BCUT2D eigenvalue weighted by Crippen LogP contribution is 2.55. The van der Waals surface area contributed by atoms with Crippen LogP contribution in [-0.4, -0.2) is 37.3 Å². The third-order valence-corrected chi connectivity index (χ3v) is 9.86. The minimum atomic E-state index is -4.51. The average Bonchev–Trinajstić information content (AvgIpc) is 3.15. The minimum Gasteiger partial charge on any atom is -0.351 e. The Morgan fingerprint density at radius 2 is 1.59 bits per heavy atom. The van der Waals surface area contributed by atoms with E-state index in [0.29, 0.717) is 12.8 Å². The van der Waals surface area contributed by atoms with Crippen molar-refractivity contribution in [1.29, 1.82) is 0 Å². The highest BCUT2D eigenvalue weighted by molar-refractivity contribution is 7.89. The van der Waals surface area contributed by atoms with Gasteiger partial charge < -0.3 is 5.32 Å². The highest BCUT2D eigenvalue weighted by atomic mass is 32.2. The summed E-state index contributed by atoms with van der Waals surface area (Å²) in [5.74, 6) is 2.13. The van der Waals surface area contributed by atoms with Gasteiger partial charge in [-0.2, -0.15) is 17.5 Å². The van der Waals surface area contributed by atoms with Crippen LogP contribution in [0.4, 0.5) is 13.2 Å². The number of carbonyl (C=O) groups is 1. The number of sulfonamides is 1.